The third kappa shape index (κ3) is 8.70. The maximum absolute atomic E-state index is 12.5. The van der Waals surface area contributed by atoms with E-state index in [-0.39, 0.29) is 5.91 Å². The van der Waals surface area contributed by atoms with Gasteiger partial charge in [-0.15, -0.1) is 0 Å². The van der Waals surface area contributed by atoms with Gasteiger partial charge in [0.2, 0.25) is 5.91 Å². The van der Waals surface area contributed by atoms with Gasteiger partial charge in [-0.3, -0.25) is 9.79 Å². The SMILES string of the molecule is CN=C(NCCCOCCOC)NCCC(=O)N1CCN(c2ccccc2)CC1. The highest BCUT2D eigenvalue weighted by molar-refractivity contribution is 5.81. The van der Waals surface area contributed by atoms with E-state index in [0.29, 0.717) is 38.7 Å². The lowest BCUT2D eigenvalue weighted by Gasteiger charge is -2.36. The number of nitrogens with zero attached hydrogens (tertiary/aromatic N) is 3. The van der Waals surface area contributed by atoms with Gasteiger partial charge in [0, 0.05) is 72.1 Å². The van der Waals surface area contributed by atoms with E-state index in [4.69, 9.17) is 9.47 Å². The van der Waals surface area contributed by atoms with Gasteiger partial charge in [-0.1, -0.05) is 18.2 Å². The highest BCUT2D eigenvalue weighted by atomic mass is 16.5. The molecule has 0 atom stereocenters. The average Bonchev–Trinajstić information content (AvgIpc) is 2.77. The summed E-state index contributed by atoms with van der Waals surface area (Å²) in [6, 6.07) is 10.4. The molecule has 1 amide bonds. The van der Waals surface area contributed by atoms with E-state index in [1.54, 1.807) is 14.2 Å². The third-order valence-electron chi connectivity index (χ3n) is 4.80. The predicted molar refractivity (Wildman–Crippen MR) is 117 cm³/mol. The average molecular weight is 406 g/mol. The Morgan fingerprint density at radius 2 is 1.76 bits per heavy atom. The maximum atomic E-state index is 12.5. The monoisotopic (exact) mass is 405 g/mol. The molecule has 0 aliphatic carbocycles. The lowest BCUT2D eigenvalue weighted by molar-refractivity contribution is -0.131. The molecule has 1 aromatic carbocycles. The zero-order valence-corrected chi connectivity index (χ0v) is 17.7. The van der Waals surface area contributed by atoms with Crippen molar-refractivity contribution in [3.05, 3.63) is 30.3 Å². The van der Waals surface area contributed by atoms with Crippen LogP contribution in [0.5, 0.6) is 0 Å². The van der Waals surface area contributed by atoms with Crippen molar-refractivity contribution >= 4 is 17.6 Å². The number of amides is 1. The molecule has 8 heteroatoms. The second-order valence-electron chi connectivity index (χ2n) is 6.84. The summed E-state index contributed by atoms with van der Waals surface area (Å²) in [6.45, 7) is 6.53. The van der Waals surface area contributed by atoms with Gasteiger partial charge in [0.15, 0.2) is 5.96 Å². The Kier molecular flexibility index (Phi) is 10.9. The Hall–Kier alpha value is -2.32. The Morgan fingerprint density at radius 3 is 2.45 bits per heavy atom. The predicted octanol–water partition coefficient (Wildman–Crippen LogP) is 0.943. The van der Waals surface area contributed by atoms with Crippen molar-refractivity contribution < 1.29 is 14.3 Å². The lowest BCUT2D eigenvalue weighted by Crippen LogP contribution is -2.49. The molecule has 1 aliphatic heterocycles. The molecule has 2 rings (SSSR count). The summed E-state index contributed by atoms with van der Waals surface area (Å²) in [5, 5.41) is 6.44. The summed E-state index contributed by atoms with van der Waals surface area (Å²) in [4.78, 5) is 20.9. The minimum atomic E-state index is 0.187. The smallest absolute Gasteiger partial charge is 0.224 e. The van der Waals surface area contributed by atoms with Crippen molar-refractivity contribution in [2.24, 2.45) is 4.99 Å². The molecule has 1 saturated heterocycles. The largest absolute Gasteiger partial charge is 0.382 e. The molecule has 0 saturated carbocycles. The first-order valence-corrected chi connectivity index (χ1v) is 10.3. The summed E-state index contributed by atoms with van der Waals surface area (Å²) >= 11 is 0. The molecule has 1 heterocycles. The van der Waals surface area contributed by atoms with Crippen LogP contribution in [0.15, 0.2) is 35.3 Å². The Labute approximate surface area is 174 Å². The fourth-order valence-corrected chi connectivity index (χ4v) is 3.14. The van der Waals surface area contributed by atoms with Gasteiger partial charge in [0.1, 0.15) is 0 Å². The number of aliphatic imine (C=N–C) groups is 1. The minimum absolute atomic E-state index is 0.187. The second-order valence-corrected chi connectivity index (χ2v) is 6.84. The number of hydrogen-bond acceptors (Lipinski definition) is 5. The molecule has 1 aromatic rings. The number of rotatable bonds is 11. The molecule has 0 radical (unpaired) electrons. The molecule has 29 heavy (non-hydrogen) atoms. The van der Waals surface area contributed by atoms with Crippen LogP contribution in [0.1, 0.15) is 12.8 Å². The summed E-state index contributed by atoms with van der Waals surface area (Å²) in [5.41, 5.74) is 1.22. The van der Waals surface area contributed by atoms with Crippen LogP contribution in [0.4, 0.5) is 5.69 Å². The van der Waals surface area contributed by atoms with Crippen molar-refractivity contribution in [3.8, 4) is 0 Å². The molecule has 162 valence electrons. The van der Waals surface area contributed by atoms with Crippen molar-refractivity contribution in [1.82, 2.24) is 15.5 Å². The first-order valence-electron chi connectivity index (χ1n) is 10.3. The molecule has 0 unspecified atom stereocenters. The highest BCUT2D eigenvalue weighted by Crippen LogP contribution is 2.15. The van der Waals surface area contributed by atoms with Crippen LogP contribution >= 0.6 is 0 Å². The van der Waals surface area contributed by atoms with Crippen LogP contribution in [-0.4, -0.2) is 90.0 Å². The van der Waals surface area contributed by atoms with Gasteiger partial charge < -0.3 is 29.9 Å². The van der Waals surface area contributed by atoms with Gasteiger partial charge >= 0.3 is 0 Å². The molecule has 1 fully saturated rings. The molecule has 0 spiro atoms. The van der Waals surface area contributed by atoms with Crippen molar-refractivity contribution in [2.75, 3.05) is 78.1 Å². The summed E-state index contributed by atoms with van der Waals surface area (Å²) in [6.07, 6.45) is 1.35. The molecule has 0 bridgehead atoms. The number of ether oxygens (including phenoxy) is 2. The highest BCUT2D eigenvalue weighted by Gasteiger charge is 2.20. The van der Waals surface area contributed by atoms with Gasteiger partial charge in [-0.05, 0) is 18.6 Å². The molecular formula is C21H35N5O3. The molecular weight excluding hydrogens is 370 g/mol. The number of benzene rings is 1. The zero-order valence-electron chi connectivity index (χ0n) is 17.7. The molecule has 2 N–H and O–H groups in total. The van der Waals surface area contributed by atoms with Crippen LogP contribution in [0.2, 0.25) is 0 Å². The quantitative estimate of drug-likeness (QED) is 0.324. The Balaban J connectivity index is 1.56. The first kappa shape index (κ1) is 23.0. The lowest BCUT2D eigenvalue weighted by atomic mass is 10.2. The topological polar surface area (TPSA) is 78.4 Å². The van der Waals surface area contributed by atoms with Crippen LogP contribution < -0.4 is 15.5 Å². The van der Waals surface area contributed by atoms with E-state index in [2.05, 4.69) is 32.7 Å². The number of carbonyl (C=O) groups is 1. The van der Waals surface area contributed by atoms with E-state index in [1.807, 2.05) is 23.1 Å². The van der Waals surface area contributed by atoms with Gasteiger partial charge in [0.25, 0.3) is 0 Å². The summed E-state index contributed by atoms with van der Waals surface area (Å²) in [7, 11) is 3.39. The molecule has 1 aliphatic rings. The number of nitrogens with one attached hydrogen (secondary N) is 2. The van der Waals surface area contributed by atoms with Crippen molar-refractivity contribution in [3.63, 3.8) is 0 Å². The van der Waals surface area contributed by atoms with Crippen LogP contribution in [0, 0.1) is 0 Å². The number of para-hydroxylation sites is 1. The van der Waals surface area contributed by atoms with Gasteiger partial charge in [-0.2, -0.15) is 0 Å². The van der Waals surface area contributed by atoms with Gasteiger partial charge in [-0.25, -0.2) is 0 Å². The minimum Gasteiger partial charge on any atom is -0.382 e. The Morgan fingerprint density at radius 1 is 1.03 bits per heavy atom. The van der Waals surface area contributed by atoms with Gasteiger partial charge in [0.05, 0.1) is 13.2 Å². The van der Waals surface area contributed by atoms with Crippen molar-refractivity contribution in [1.29, 1.82) is 0 Å². The van der Waals surface area contributed by atoms with E-state index in [1.165, 1.54) is 5.69 Å². The third-order valence-corrected chi connectivity index (χ3v) is 4.80. The van der Waals surface area contributed by atoms with E-state index >= 15 is 0 Å². The summed E-state index contributed by atoms with van der Waals surface area (Å²) in [5.74, 6) is 0.899. The number of guanidine groups is 1. The van der Waals surface area contributed by atoms with Crippen LogP contribution in [0.25, 0.3) is 0 Å². The number of piperazine rings is 1. The molecule has 0 aromatic heterocycles. The molecule has 8 nitrogen and oxygen atoms in total. The first-order chi connectivity index (χ1) is 14.2. The number of carbonyl (C=O) groups excluding carboxylic acids is 1. The fourth-order valence-electron chi connectivity index (χ4n) is 3.14. The number of hydrogen-bond donors (Lipinski definition) is 2. The standard InChI is InChI=1S/C21H35N5O3/c1-22-21(23-10-6-16-29-18-17-28-2)24-11-9-20(27)26-14-12-25(13-15-26)19-7-4-3-5-8-19/h3-5,7-8H,6,9-18H2,1-2H3,(H2,22,23,24). The maximum Gasteiger partial charge on any atom is 0.224 e. The Bertz CT molecular complexity index is 604. The summed E-state index contributed by atoms with van der Waals surface area (Å²) < 4.78 is 10.4. The second kappa shape index (κ2) is 13.8. The van der Waals surface area contributed by atoms with E-state index < -0.39 is 0 Å². The van der Waals surface area contributed by atoms with Crippen LogP contribution in [-0.2, 0) is 14.3 Å². The van der Waals surface area contributed by atoms with Crippen LogP contribution in [0.3, 0.4) is 0 Å². The van der Waals surface area contributed by atoms with E-state index in [9.17, 15) is 4.79 Å². The number of anilines is 1. The zero-order chi connectivity index (χ0) is 20.7. The number of methoxy groups -OCH3 is 1. The van der Waals surface area contributed by atoms with Crippen molar-refractivity contribution in [2.45, 2.75) is 12.8 Å². The van der Waals surface area contributed by atoms with E-state index in [0.717, 1.165) is 39.1 Å². The fraction of sp³-hybridized carbons (Fsp3) is 0.619. The normalized spacial score (nSPS) is 14.8.